The lowest BCUT2D eigenvalue weighted by Gasteiger charge is -2.26. The molecule has 2 aromatic rings. The summed E-state index contributed by atoms with van der Waals surface area (Å²) in [5.41, 5.74) is 3.80. The predicted molar refractivity (Wildman–Crippen MR) is 108 cm³/mol. The summed E-state index contributed by atoms with van der Waals surface area (Å²) in [5, 5.41) is 4.00. The molecule has 7 heteroatoms. The minimum Gasteiger partial charge on any atom is -0.493 e. The van der Waals surface area contributed by atoms with E-state index in [1.165, 1.54) is 19.3 Å². The molecule has 28 heavy (non-hydrogen) atoms. The topological polar surface area (TPSA) is 76.0 Å². The molecule has 0 atom stereocenters. The molecule has 1 aliphatic rings. The number of nitrogens with zero attached hydrogens (tertiary/aromatic N) is 3. The van der Waals surface area contributed by atoms with Crippen LogP contribution in [0.2, 0.25) is 0 Å². The summed E-state index contributed by atoms with van der Waals surface area (Å²) >= 11 is 0. The Labute approximate surface area is 165 Å². The highest BCUT2D eigenvalue weighted by Crippen LogP contribution is 2.27. The van der Waals surface area contributed by atoms with Crippen LogP contribution in [-0.4, -0.2) is 55.4 Å². The summed E-state index contributed by atoms with van der Waals surface area (Å²) in [6, 6.07) is 8.83. The molecule has 0 saturated carbocycles. The van der Waals surface area contributed by atoms with Crippen molar-refractivity contribution in [1.82, 2.24) is 15.3 Å². The molecule has 1 aromatic carbocycles. The fourth-order valence-electron chi connectivity index (χ4n) is 3.08. The number of hydrogen-bond acceptors (Lipinski definition) is 6. The first kappa shape index (κ1) is 19.8. The number of amides is 1. The van der Waals surface area contributed by atoms with Crippen molar-refractivity contribution in [3.05, 3.63) is 53.9 Å². The molecule has 0 bridgehead atoms. The van der Waals surface area contributed by atoms with E-state index in [1.807, 2.05) is 18.2 Å². The van der Waals surface area contributed by atoms with Crippen molar-refractivity contribution < 1.29 is 14.3 Å². The number of likely N-dealkylation sites (tertiary alicyclic amines) is 1. The molecule has 1 aromatic heterocycles. The molecule has 3 rings (SSSR count). The molecule has 0 aliphatic carbocycles. The average Bonchev–Trinajstić information content (AvgIpc) is 2.75. The van der Waals surface area contributed by atoms with Crippen LogP contribution < -0.4 is 14.9 Å². The van der Waals surface area contributed by atoms with E-state index < -0.39 is 0 Å². The molecule has 1 N–H and O–H groups in total. The zero-order valence-corrected chi connectivity index (χ0v) is 16.1. The quantitative estimate of drug-likeness (QED) is 0.561. The average molecular weight is 382 g/mol. The zero-order chi connectivity index (χ0) is 19.6. The van der Waals surface area contributed by atoms with Gasteiger partial charge in [0, 0.05) is 24.5 Å². The largest absolute Gasteiger partial charge is 0.493 e. The van der Waals surface area contributed by atoms with Crippen molar-refractivity contribution in [3.63, 3.8) is 0 Å². The van der Waals surface area contributed by atoms with Crippen molar-refractivity contribution in [2.24, 2.45) is 5.10 Å². The van der Waals surface area contributed by atoms with E-state index in [1.54, 1.807) is 37.9 Å². The number of piperidine rings is 1. The number of ether oxygens (including phenoxy) is 2. The molecule has 1 amide bonds. The van der Waals surface area contributed by atoms with Crippen LogP contribution in [0.3, 0.4) is 0 Å². The van der Waals surface area contributed by atoms with Crippen LogP contribution in [0, 0.1) is 0 Å². The van der Waals surface area contributed by atoms with Crippen LogP contribution in [0.5, 0.6) is 11.5 Å². The van der Waals surface area contributed by atoms with E-state index in [2.05, 4.69) is 20.4 Å². The third kappa shape index (κ3) is 5.79. The van der Waals surface area contributed by atoms with Crippen LogP contribution in [0.4, 0.5) is 0 Å². The number of pyridine rings is 1. The first-order chi connectivity index (χ1) is 13.8. The second-order valence-corrected chi connectivity index (χ2v) is 6.60. The molecule has 7 nitrogen and oxygen atoms in total. The van der Waals surface area contributed by atoms with E-state index in [4.69, 9.17) is 9.47 Å². The molecule has 0 radical (unpaired) electrons. The Morgan fingerprint density at radius 3 is 2.71 bits per heavy atom. The van der Waals surface area contributed by atoms with Gasteiger partial charge < -0.3 is 9.47 Å². The molecule has 0 unspecified atom stereocenters. The number of carbonyl (C=O) groups is 1. The number of methoxy groups -OCH3 is 1. The standard InChI is InChI=1S/C21H26N4O3/c1-27-20-15-17(16-23-24-21(26)18-7-9-22-10-8-18)5-6-19(20)28-14-13-25-11-3-2-4-12-25/h5-10,15-16H,2-4,11-14H2,1H3,(H,24,26)/b23-16+. The van der Waals surface area contributed by atoms with E-state index >= 15 is 0 Å². The van der Waals surface area contributed by atoms with Crippen molar-refractivity contribution in [3.8, 4) is 11.5 Å². The van der Waals surface area contributed by atoms with Crippen molar-refractivity contribution in [2.75, 3.05) is 33.4 Å². The summed E-state index contributed by atoms with van der Waals surface area (Å²) in [5.74, 6) is 1.06. The second kappa shape index (κ2) is 10.4. The fraction of sp³-hybridized carbons (Fsp3) is 0.381. The highest BCUT2D eigenvalue weighted by molar-refractivity contribution is 5.94. The molecule has 148 valence electrons. The Morgan fingerprint density at radius 1 is 1.18 bits per heavy atom. The molecular weight excluding hydrogens is 356 g/mol. The number of hydrazone groups is 1. The number of rotatable bonds is 8. The Balaban J connectivity index is 1.52. The van der Waals surface area contributed by atoms with E-state index in [-0.39, 0.29) is 5.91 Å². The Hall–Kier alpha value is -2.93. The van der Waals surface area contributed by atoms with Crippen molar-refractivity contribution in [2.45, 2.75) is 19.3 Å². The van der Waals surface area contributed by atoms with Crippen LogP contribution in [0.25, 0.3) is 0 Å². The van der Waals surface area contributed by atoms with Gasteiger partial charge in [-0.05, 0) is 61.8 Å². The van der Waals surface area contributed by atoms with Gasteiger partial charge in [-0.25, -0.2) is 5.43 Å². The van der Waals surface area contributed by atoms with Gasteiger partial charge in [0.2, 0.25) is 0 Å². The highest BCUT2D eigenvalue weighted by atomic mass is 16.5. The Morgan fingerprint density at radius 2 is 1.96 bits per heavy atom. The monoisotopic (exact) mass is 382 g/mol. The maximum atomic E-state index is 12.0. The van der Waals surface area contributed by atoms with Gasteiger partial charge >= 0.3 is 0 Å². The number of hydrogen-bond donors (Lipinski definition) is 1. The van der Waals surface area contributed by atoms with Gasteiger partial charge in [-0.3, -0.25) is 14.7 Å². The molecule has 2 heterocycles. The first-order valence-electron chi connectivity index (χ1n) is 9.53. The van der Waals surface area contributed by atoms with Crippen LogP contribution >= 0.6 is 0 Å². The third-order valence-corrected chi connectivity index (χ3v) is 4.62. The lowest BCUT2D eigenvalue weighted by atomic mass is 10.1. The normalized spacial score (nSPS) is 14.8. The maximum absolute atomic E-state index is 12.0. The molecule has 0 spiro atoms. The van der Waals surface area contributed by atoms with Crippen LogP contribution in [0.1, 0.15) is 35.2 Å². The number of aromatic nitrogens is 1. The molecule has 1 aliphatic heterocycles. The second-order valence-electron chi connectivity index (χ2n) is 6.60. The minimum atomic E-state index is -0.289. The smallest absolute Gasteiger partial charge is 0.271 e. The highest BCUT2D eigenvalue weighted by Gasteiger charge is 2.11. The first-order valence-corrected chi connectivity index (χ1v) is 9.53. The van der Waals surface area contributed by atoms with Crippen LogP contribution in [-0.2, 0) is 0 Å². The van der Waals surface area contributed by atoms with Crippen molar-refractivity contribution >= 4 is 12.1 Å². The Bertz CT molecular complexity index is 789. The summed E-state index contributed by atoms with van der Waals surface area (Å²) in [6.45, 7) is 3.86. The molecule has 1 fully saturated rings. The number of nitrogens with one attached hydrogen (secondary N) is 1. The van der Waals surface area contributed by atoms with Crippen LogP contribution in [0.15, 0.2) is 47.8 Å². The maximum Gasteiger partial charge on any atom is 0.271 e. The molecule has 1 saturated heterocycles. The summed E-state index contributed by atoms with van der Waals surface area (Å²) in [7, 11) is 1.61. The van der Waals surface area contributed by atoms with Gasteiger partial charge in [-0.2, -0.15) is 5.10 Å². The van der Waals surface area contributed by atoms with Crippen molar-refractivity contribution in [1.29, 1.82) is 0 Å². The van der Waals surface area contributed by atoms with E-state index in [0.717, 1.165) is 25.2 Å². The summed E-state index contributed by atoms with van der Waals surface area (Å²) in [6.07, 6.45) is 8.57. The van der Waals surface area contributed by atoms with Gasteiger partial charge in [0.15, 0.2) is 11.5 Å². The zero-order valence-electron chi connectivity index (χ0n) is 16.1. The van der Waals surface area contributed by atoms with Gasteiger partial charge in [-0.1, -0.05) is 6.42 Å². The number of carbonyl (C=O) groups excluding carboxylic acids is 1. The lowest BCUT2D eigenvalue weighted by molar-refractivity contribution is 0.0955. The number of benzene rings is 1. The minimum absolute atomic E-state index is 0.289. The fourth-order valence-corrected chi connectivity index (χ4v) is 3.08. The summed E-state index contributed by atoms with van der Waals surface area (Å²) in [4.78, 5) is 18.3. The van der Waals surface area contributed by atoms with E-state index in [0.29, 0.717) is 23.7 Å². The van der Waals surface area contributed by atoms with Gasteiger partial charge in [0.25, 0.3) is 5.91 Å². The SMILES string of the molecule is COc1cc(/C=N/NC(=O)c2ccncc2)ccc1OCCN1CCCCC1. The van der Waals surface area contributed by atoms with Gasteiger partial charge in [-0.15, -0.1) is 0 Å². The van der Waals surface area contributed by atoms with Gasteiger partial charge in [0.1, 0.15) is 6.61 Å². The lowest BCUT2D eigenvalue weighted by Crippen LogP contribution is -2.33. The van der Waals surface area contributed by atoms with E-state index in [9.17, 15) is 4.79 Å². The molecular formula is C21H26N4O3. The summed E-state index contributed by atoms with van der Waals surface area (Å²) < 4.78 is 11.3. The Kier molecular flexibility index (Phi) is 7.37. The predicted octanol–water partition coefficient (Wildman–Crippen LogP) is 2.72. The third-order valence-electron chi connectivity index (χ3n) is 4.62. The van der Waals surface area contributed by atoms with Gasteiger partial charge in [0.05, 0.1) is 13.3 Å².